The number of ether oxygens (including phenoxy) is 1. The van der Waals surface area contributed by atoms with E-state index in [9.17, 15) is 4.79 Å². The van der Waals surface area contributed by atoms with Crippen LogP contribution in [0.4, 0.5) is 0 Å². The Morgan fingerprint density at radius 2 is 1.69 bits per heavy atom. The zero-order valence-corrected chi connectivity index (χ0v) is 15.0. The van der Waals surface area contributed by atoms with Gasteiger partial charge in [0.15, 0.2) is 0 Å². The molecule has 0 bridgehead atoms. The Labute approximate surface area is 154 Å². The number of rotatable bonds is 3. The Kier molecular flexibility index (Phi) is 4.61. The summed E-state index contributed by atoms with van der Waals surface area (Å²) in [6, 6.07) is 22.4. The molecule has 0 aromatic heterocycles. The molecule has 132 valence electrons. The molecule has 4 rings (SSSR count). The van der Waals surface area contributed by atoms with Crippen molar-refractivity contribution < 1.29 is 9.53 Å². The molecule has 0 saturated carbocycles. The monoisotopic (exact) mass is 345 g/mol. The summed E-state index contributed by atoms with van der Waals surface area (Å²) in [4.78, 5) is 15.1. The quantitative estimate of drug-likeness (QED) is 0.678. The molecule has 3 aromatic rings. The van der Waals surface area contributed by atoms with E-state index in [1.807, 2.05) is 47.4 Å². The molecule has 1 aliphatic rings. The van der Waals surface area contributed by atoms with Crippen LogP contribution in [0.15, 0.2) is 66.7 Å². The van der Waals surface area contributed by atoms with Crippen LogP contribution in [0, 0.1) is 0 Å². The van der Waals surface area contributed by atoms with E-state index in [-0.39, 0.29) is 5.91 Å². The number of hydrogen-bond donors (Lipinski definition) is 0. The first kappa shape index (κ1) is 16.6. The third-order valence-electron chi connectivity index (χ3n) is 5.37. The van der Waals surface area contributed by atoms with E-state index in [0.29, 0.717) is 5.92 Å². The molecule has 26 heavy (non-hydrogen) atoms. The first-order chi connectivity index (χ1) is 12.8. The fourth-order valence-corrected chi connectivity index (χ4v) is 3.89. The van der Waals surface area contributed by atoms with Gasteiger partial charge in [0.25, 0.3) is 5.91 Å². The molecule has 0 spiro atoms. The van der Waals surface area contributed by atoms with Crippen LogP contribution < -0.4 is 4.74 Å². The van der Waals surface area contributed by atoms with Crippen molar-refractivity contribution in [3.63, 3.8) is 0 Å². The van der Waals surface area contributed by atoms with Crippen LogP contribution >= 0.6 is 0 Å². The molecule has 1 aliphatic heterocycles. The Balaban J connectivity index is 1.50. The van der Waals surface area contributed by atoms with Gasteiger partial charge in [0.1, 0.15) is 5.75 Å². The first-order valence-electron chi connectivity index (χ1n) is 9.17. The molecule has 0 radical (unpaired) electrons. The topological polar surface area (TPSA) is 29.5 Å². The maximum Gasteiger partial charge on any atom is 0.254 e. The number of piperidine rings is 1. The van der Waals surface area contributed by atoms with Gasteiger partial charge in [0.2, 0.25) is 0 Å². The Morgan fingerprint density at radius 3 is 2.50 bits per heavy atom. The van der Waals surface area contributed by atoms with Crippen molar-refractivity contribution in [2.24, 2.45) is 0 Å². The van der Waals surface area contributed by atoms with Crippen molar-refractivity contribution in [2.75, 3.05) is 20.2 Å². The molecule has 3 nitrogen and oxygen atoms in total. The minimum Gasteiger partial charge on any atom is -0.497 e. The molecule has 3 aromatic carbocycles. The standard InChI is InChI=1S/C23H23NO2/c1-26-20-9-4-8-19(16-20)17-12-14-24(15-13-17)23(25)22-11-5-7-18-6-2-3-10-21(18)22/h2-11,16-17H,12-15H2,1H3. The normalized spacial score (nSPS) is 15.2. The van der Waals surface area contributed by atoms with Crippen molar-refractivity contribution >= 4 is 16.7 Å². The Bertz CT molecular complexity index is 921. The van der Waals surface area contributed by atoms with Crippen LogP contribution in [0.1, 0.15) is 34.7 Å². The molecular weight excluding hydrogens is 322 g/mol. The second-order valence-electron chi connectivity index (χ2n) is 6.87. The molecule has 1 heterocycles. The van der Waals surface area contributed by atoms with Crippen molar-refractivity contribution in [2.45, 2.75) is 18.8 Å². The summed E-state index contributed by atoms with van der Waals surface area (Å²) in [5.41, 5.74) is 2.12. The van der Waals surface area contributed by atoms with Gasteiger partial charge in [-0.3, -0.25) is 4.79 Å². The minimum absolute atomic E-state index is 0.144. The number of nitrogens with zero attached hydrogens (tertiary/aromatic N) is 1. The largest absolute Gasteiger partial charge is 0.497 e. The average molecular weight is 345 g/mol. The van der Waals surface area contributed by atoms with Crippen LogP contribution in [-0.2, 0) is 0 Å². The third-order valence-corrected chi connectivity index (χ3v) is 5.37. The van der Waals surface area contributed by atoms with Crippen LogP contribution in [0.3, 0.4) is 0 Å². The number of benzene rings is 3. The minimum atomic E-state index is 0.144. The maximum atomic E-state index is 13.1. The van der Waals surface area contributed by atoms with Gasteiger partial charge in [-0.15, -0.1) is 0 Å². The summed E-state index contributed by atoms with van der Waals surface area (Å²) >= 11 is 0. The second kappa shape index (κ2) is 7.20. The highest BCUT2D eigenvalue weighted by atomic mass is 16.5. The average Bonchev–Trinajstić information content (AvgIpc) is 2.73. The highest BCUT2D eigenvalue weighted by Gasteiger charge is 2.25. The van der Waals surface area contributed by atoms with E-state index in [1.54, 1.807) is 7.11 Å². The lowest BCUT2D eigenvalue weighted by Crippen LogP contribution is -2.38. The SMILES string of the molecule is COc1cccc(C2CCN(C(=O)c3cccc4ccccc34)CC2)c1. The number of likely N-dealkylation sites (tertiary alicyclic amines) is 1. The summed E-state index contributed by atoms with van der Waals surface area (Å²) in [7, 11) is 1.70. The number of methoxy groups -OCH3 is 1. The lowest BCUT2D eigenvalue weighted by molar-refractivity contribution is 0.0715. The summed E-state index contributed by atoms with van der Waals surface area (Å²) < 4.78 is 5.34. The second-order valence-corrected chi connectivity index (χ2v) is 6.87. The summed E-state index contributed by atoms with van der Waals surface area (Å²) in [5.74, 6) is 1.53. The third kappa shape index (κ3) is 3.17. The molecule has 0 unspecified atom stereocenters. The van der Waals surface area contributed by atoms with Crippen molar-refractivity contribution in [1.82, 2.24) is 4.90 Å². The van der Waals surface area contributed by atoms with E-state index < -0.39 is 0 Å². The molecule has 1 amide bonds. The molecule has 0 atom stereocenters. The van der Waals surface area contributed by atoms with E-state index in [0.717, 1.165) is 48.0 Å². The zero-order valence-electron chi connectivity index (χ0n) is 15.0. The molecular formula is C23H23NO2. The predicted molar refractivity (Wildman–Crippen MR) is 105 cm³/mol. The summed E-state index contributed by atoms with van der Waals surface area (Å²) in [5, 5.41) is 2.15. The fourth-order valence-electron chi connectivity index (χ4n) is 3.89. The van der Waals surface area contributed by atoms with Crippen LogP contribution in [0.25, 0.3) is 10.8 Å². The summed E-state index contributed by atoms with van der Waals surface area (Å²) in [6.07, 6.45) is 1.98. The molecule has 3 heteroatoms. The lowest BCUT2D eigenvalue weighted by Gasteiger charge is -2.32. The Morgan fingerprint density at radius 1 is 0.962 bits per heavy atom. The fraction of sp³-hybridized carbons (Fsp3) is 0.261. The predicted octanol–water partition coefficient (Wildman–Crippen LogP) is 4.87. The lowest BCUT2D eigenvalue weighted by atomic mass is 9.89. The van der Waals surface area contributed by atoms with Crippen LogP contribution in [-0.4, -0.2) is 31.0 Å². The molecule has 0 N–H and O–H groups in total. The first-order valence-corrected chi connectivity index (χ1v) is 9.17. The van der Waals surface area contributed by atoms with E-state index in [1.165, 1.54) is 5.56 Å². The van der Waals surface area contributed by atoms with Gasteiger partial charge < -0.3 is 9.64 Å². The maximum absolute atomic E-state index is 13.1. The highest BCUT2D eigenvalue weighted by molar-refractivity contribution is 6.07. The van der Waals surface area contributed by atoms with E-state index in [4.69, 9.17) is 4.74 Å². The summed E-state index contributed by atoms with van der Waals surface area (Å²) in [6.45, 7) is 1.59. The van der Waals surface area contributed by atoms with E-state index >= 15 is 0 Å². The smallest absolute Gasteiger partial charge is 0.254 e. The number of carbonyl (C=O) groups is 1. The van der Waals surface area contributed by atoms with Gasteiger partial charge in [-0.25, -0.2) is 0 Å². The molecule has 1 fully saturated rings. The van der Waals surface area contributed by atoms with Gasteiger partial charge in [0, 0.05) is 18.7 Å². The Hall–Kier alpha value is -2.81. The van der Waals surface area contributed by atoms with Gasteiger partial charge >= 0.3 is 0 Å². The highest BCUT2D eigenvalue weighted by Crippen LogP contribution is 2.31. The molecule has 1 saturated heterocycles. The van der Waals surface area contributed by atoms with Crippen LogP contribution in [0.2, 0.25) is 0 Å². The van der Waals surface area contributed by atoms with Crippen molar-refractivity contribution in [3.8, 4) is 5.75 Å². The van der Waals surface area contributed by atoms with Gasteiger partial charge in [0.05, 0.1) is 7.11 Å². The number of carbonyl (C=O) groups excluding carboxylic acids is 1. The molecule has 0 aliphatic carbocycles. The zero-order chi connectivity index (χ0) is 17.9. The van der Waals surface area contributed by atoms with Crippen molar-refractivity contribution in [1.29, 1.82) is 0 Å². The number of amides is 1. The number of fused-ring (bicyclic) bond motifs is 1. The van der Waals surface area contributed by atoms with Crippen molar-refractivity contribution in [3.05, 3.63) is 77.9 Å². The van der Waals surface area contributed by atoms with E-state index in [2.05, 4.69) is 24.3 Å². The number of hydrogen-bond acceptors (Lipinski definition) is 2. The van der Waals surface area contributed by atoms with Gasteiger partial charge in [-0.1, -0.05) is 48.5 Å². The van der Waals surface area contributed by atoms with Crippen LogP contribution in [0.5, 0.6) is 5.75 Å². The van der Waals surface area contributed by atoms with Gasteiger partial charge in [-0.05, 0) is 53.3 Å². The van der Waals surface area contributed by atoms with Gasteiger partial charge in [-0.2, -0.15) is 0 Å².